The van der Waals surface area contributed by atoms with Crippen molar-refractivity contribution in [2.75, 3.05) is 11.5 Å². The molecule has 0 aromatic heterocycles. The first-order valence-electron chi connectivity index (χ1n) is 9.54. The van der Waals surface area contributed by atoms with Crippen LogP contribution in [0, 0.1) is 11.8 Å². The van der Waals surface area contributed by atoms with Gasteiger partial charge >= 0.3 is 0 Å². The lowest BCUT2D eigenvalue weighted by atomic mass is 9.97. The molecule has 3 nitrogen and oxygen atoms in total. The molecule has 3 atom stereocenters. The second kappa shape index (κ2) is 9.26. The molecule has 0 saturated carbocycles. The summed E-state index contributed by atoms with van der Waals surface area (Å²) in [6.07, 6.45) is 0.742. The molecule has 1 heterocycles. The monoisotopic (exact) mass is 403 g/mol. The summed E-state index contributed by atoms with van der Waals surface area (Å²) in [5, 5.41) is 10.5. The third kappa shape index (κ3) is 5.15. The van der Waals surface area contributed by atoms with Gasteiger partial charge in [-0.05, 0) is 42.0 Å². The van der Waals surface area contributed by atoms with Crippen LogP contribution in [0.3, 0.4) is 0 Å². The van der Waals surface area contributed by atoms with E-state index in [0.29, 0.717) is 23.5 Å². The minimum Gasteiger partial charge on any atom is -0.506 e. The predicted molar refractivity (Wildman–Crippen MR) is 116 cm³/mol. The number of fused-ring (bicyclic) bond motifs is 1. The van der Waals surface area contributed by atoms with Gasteiger partial charge in [-0.2, -0.15) is 0 Å². The highest BCUT2D eigenvalue weighted by Gasteiger charge is 2.26. The average Bonchev–Trinajstić information content (AvgIpc) is 2.79. The largest absolute Gasteiger partial charge is 0.506 e. The summed E-state index contributed by atoms with van der Waals surface area (Å²) in [6.45, 7) is 6.47. The van der Waals surface area contributed by atoms with Gasteiger partial charge < -0.3 is 9.84 Å². The van der Waals surface area contributed by atoms with Gasteiger partial charge in [0, 0.05) is 27.2 Å². The molecule has 0 amide bonds. The van der Waals surface area contributed by atoms with E-state index in [4.69, 9.17) is 10.5 Å². The molecule has 3 N–H and O–H groups in total. The lowest BCUT2D eigenvalue weighted by Gasteiger charge is -2.24. The number of aromatic hydroxyl groups is 1. The number of nitrogens with two attached hydrogens (primary N) is 1. The van der Waals surface area contributed by atoms with Gasteiger partial charge in [0.05, 0.1) is 0 Å². The first-order valence-corrected chi connectivity index (χ1v) is 11.5. The van der Waals surface area contributed by atoms with Crippen molar-refractivity contribution < 1.29 is 9.84 Å². The normalized spacial score (nSPS) is 20.6. The van der Waals surface area contributed by atoms with Crippen molar-refractivity contribution >= 4 is 23.5 Å². The highest BCUT2D eigenvalue weighted by molar-refractivity contribution is 7.99. The van der Waals surface area contributed by atoms with Crippen molar-refractivity contribution in [2.45, 2.75) is 49.1 Å². The van der Waals surface area contributed by atoms with Crippen molar-refractivity contribution in [2.24, 2.45) is 17.6 Å². The van der Waals surface area contributed by atoms with Crippen molar-refractivity contribution in [3.63, 3.8) is 0 Å². The smallest absolute Gasteiger partial charge is 0.151 e. The third-order valence-electron chi connectivity index (χ3n) is 4.91. The summed E-state index contributed by atoms with van der Waals surface area (Å²) in [4.78, 5) is 2.14. The van der Waals surface area contributed by atoms with Gasteiger partial charge in [0.2, 0.25) is 0 Å². The van der Waals surface area contributed by atoms with E-state index in [9.17, 15) is 5.11 Å². The molecule has 27 heavy (non-hydrogen) atoms. The topological polar surface area (TPSA) is 55.5 Å². The van der Waals surface area contributed by atoms with E-state index in [1.54, 1.807) is 11.8 Å². The summed E-state index contributed by atoms with van der Waals surface area (Å²) in [5.74, 6) is 4.38. The summed E-state index contributed by atoms with van der Waals surface area (Å²) in [7, 11) is 0. The minimum absolute atomic E-state index is 0.272. The number of para-hydroxylation sites is 2. The van der Waals surface area contributed by atoms with Crippen molar-refractivity contribution in [3.8, 4) is 11.5 Å². The Hall–Kier alpha value is -1.30. The summed E-state index contributed by atoms with van der Waals surface area (Å²) in [6, 6.07) is 14.2. The molecule has 0 spiro atoms. The van der Waals surface area contributed by atoms with Gasteiger partial charge in [0.25, 0.3) is 0 Å². The van der Waals surface area contributed by atoms with Crippen LogP contribution in [0.25, 0.3) is 0 Å². The van der Waals surface area contributed by atoms with E-state index in [1.807, 2.05) is 48.2 Å². The van der Waals surface area contributed by atoms with Gasteiger partial charge in [0.15, 0.2) is 6.23 Å². The molecule has 1 aliphatic heterocycles. The Morgan fingerprint density at radius 2 is 1.96 bits per heavy atom. The first kappa shape index (κ1) is 20.4. The maximum atomic E-state index is 10.5. The lowest BCUT2D eigenvalue weighted by Crippen LogP contribution is -2.37. The molecular formula is C22H29NO2S2. The third-order valence-corrected chi connectivity index (χ3v) is 7.53. The fraction of sp³-hybridized carbons (Fsp3) is 0.455. The van der Waals surface area contributed by atoms with E-state index in [1.165, 1.54) is 4.90 Å². The van der Waals surface area contributed by atoms with Crippen LogP contribution in [0.1, 0.15) is 38.7 Å². The highest BCUT2D eigenvalue weighted by Crippen LogP contribution is 2.39. The Labute approximate surface area is 171 Å². The van der Waals surface area contributed by atoms with Crippen LogP contribution < -0.4 is 10.5 Å². The molecule has 1 aliphatic rings. The quantitative estimate of drug-likeness (QED) is 0.604. The highest BCUT2D eigenvalue weighted by atomic mass is 32.2. The van der Waals surface area contributed by atoms with Gasteiger partial charge in [-0.1, -0.05) is 45.0 Å². The Balaban J connectivity index is 1.57. The van der Waals surface area contributed by atoms with Crippen LogP contribution >= 0.6 is 23.5 Å². The molecule has 0 saturated heterocycles. The number of ether oxygens (including phenoxy) is 1. The van der Waals surface area contributed by atoms with Gasteiger partial charge in [-0.25, -0.2) is 0 Å². The van der Waals surface area contributed by atoms with Gasteiger partial charge in [-0.15, -0.1) is 23.5 Å². The number of thioether (sulfide) groups is 2. The number of phenols is 1. The zero-order chi connectivity index (χ0) is 19.4. The van der Waals surface area contributed by atoms with Crippen LogP contribution in [0.2, 0.25) is 0 Å². The molecule has 2 aromatic carbocycles. The maximum absolute atomic E-state index is 10.5. The Morgan fingerprint density at radius 3 is 2.74 bits per heavy atom. The molecule has 0 bridgehead atoms. The van der Waals surface area contributed by atoms with Crippen LogP contribution in [-0.4, -0.2) is 22.8 Å². The van der Waals surface area contributed by atoms with E-state index in [0.717, 1.165) is 34.1 Å². The SMILES string of the molecule is CC(CSc1cccc(C(C)C)c1O)CC1CSc2ccccc2OC1N. The molecule has 0 fully saturated rings. The van der Waals surface area contributed by atoms with Gasteiger partial charge in [-0.3, -0.25) is 5.73 Å². The van der Waals surface area contributed by atoms with Crippen molar-refractivity contribution in [3.05, 3.63) is 48.0 Å². The predicted octanol–water partition coefficient (Wildman–Crippen LogP) is 5.72. The van der Waals surface area contributed by atoms with Gasteiger partial charge in [0.1, 0.15) is 11.5 Å². The lowest BCUT2D eigenvalue weighted by molar-refractivity contribution is 0.138. The van der Waals surface area contributed by atoms with Crippen LogP contribution in [0.4, 0.5) is 0 Å². The molecule has 0 radical (unpaired) electrons. The standard InChI is InChI=1S/C22H29NO2S2/c1-14(2)17-7-6-10-20(21(17)24)26-12-15(3)11-16-13-27-19-9-5-4-8-18(19)25-22(16)23/h4-10,14-16,22,24H,11-13,23H2,1-3H3. The van der Waals surface area contributed by atoms with Crippen LogP contribution in [-0.2, 0) is 0 Å². The average molecular weight is 404 g/mol. The summed E-state index contributed by atoms with van der Waals surface area (Å²) in [5.41, 5.74) is 7.36. The Kier molecular flexibility index (Phi) is 7.01. The van der Waals surface area contributed by atoms with Crippen LogP contribution in [0.5, 0.6) is 11.5 Å². The number of hydrogen-bond donors (Lipinski definition) is 2. The summed E-state index contributed by atoms with van der Waals surface area (Å²) >= 11 is 3.56. The zero-order valence-electron chi connectivity index (χ0n) is 16.2. The van der Waals surface area contributed by atoms with Crippen LogP contribution in [0.15, 0.2) is 52.3 Å². The molecule has 0 aliphatic carbocycles. The number of rotatable bonds is 6. The second-order valence-corrected chi connectivity index (χ2v) is 9.72. The number of phenolic OH excluding ortho intramolecular Hbond substituents is 1. The van der Waals surface area contributed by atoms with Crippen molar-refractivity contribution in [1.82, 2.24) is 0 Å². The molecule has 3 unspecified atom stereocenters. The second-order valence-electron chi connectivity index (χ2n) is 7.60. The molecule has 146 valence electrons. The first-order chi connectivity index (χ1) is 13.0. The molecular weight excluding hydrogens is 374 g/mol. The Morgan fingerprint density at radius 1 is 1.19 bits per heavy atom. The van der Waals surface area contributed by atoms with Crippen molar-refractivity contribution in [1.29, 1.82) is 0 Å². The van der Waals surface area contributed by atoms with E-state index in [2.05, 4.69) is 26.8 Å². The van der Waals surface area contributed by atoms with E-state index < -0.39 is 0 Å². The zero-order valence-corrected chi connectivity index (χ0v) is 17.9. The fourth-order valence-electron chi connectivity index (χ4n) is 3.34. The molecule has 5 heteroatoms. The van der Waals surface area contributed by atoms with E-state index in [-0.39, 0.29) is 6.23 Å². The number of hydrogen-bond acceptors (Lipinski definition) is 5. The molecule has 2 aromatic rings. The molecule has 3 rings (SSSR count). The summed E-state index contributed by atoms with van der Waals surface area (Å²) < 4.78 is 6.00. The maximum Gasteiger partial charge on any atom is 0.151 e. The number of benzene rings is 2. The van der Waals surface area contributed by atoms with E-state index >= 15 is 0 Å². The Bertz CT molecular complexity index is 766. The minimum atomic E-state index is -0.272. The fourth-order valence-corrected chi connectivity index (χ4v) is 5.52.